The summed E-state index contributed by atoms with van der Waals surface area (Å²) in [5.74, 6) is 0. The van der Waals surface area contributed by atoms with E-state index in [0.717, 1.165) is 6.26 Å². The van der Waals surface area contributed by atoms with Crippen molar-refractivity contribution in [2.24, 2.45) is 0 Å². The number of nitrogens with zero attached hydrogens (tertiary/aromatic N) is 1. The maximum atomic E-state index is 12.1. The summed E-state index contributed by atoms with van der Waals surface area (Å²) >= 11 is 0. The van der Waals surface area contributed by atoms with E-state index in [0.29, 0.717) is 5.69 Å². The Kier molecular flexibility index (Phi) is 3.78. The van der Waals surface area contributed by atoms with Crippen LogP contribution in [0.2, 0.25) is 0 Å². The van der Waals surface area contributed by atoms with Crippen molar-refractivity contribution in [3.8, 4) is 0 Å². The molecule has 1 heterocycles. The number of anilines is 1. The van der Waals surface area contributed by atoms with Gasteiger partial charge in [-0.3, -0.25) is 9.71 Å². The van der Waals surface area contributed by atoms with E-state index in [-0.39, 0.29) is 9.79 Å². The van der Waals surface area contributed by atoms with Gasteiger partial charge in [-0.2, -0.15) is 0 Å². The Bertz CT molecular complexity index is 798. The quantitative estimate of drug-likeness (QED) is 0.918. The van der Waals surface area contributed by atoms with Gasteiger partial charge in [0.2, 0.25) is 0 Å². The van der Waals surface area contributed by atoms with Crippen molar-refractivity contribution < 1.29 is 16.8 Å². The van der Waals surface area contributed by atoms with E-state index in [4.69, 9.17) is 0 Å². The third kappa shape index (κ3) is 3.34. The van der Waals surface area contributed by atoms with E-state index in [1.165, 1.54) is 36.7 Å². The lowest BCUT2D eigenvalue weighted by atomic mass is 10.4. The van der Waals surface area contributed by atoms with Gasteiger partial charge in [0.05, 0.1) is 21.7 Å². The first-order valence-corrected chi connectivity index (χ1v) is 8.89. The Morgan fingerprint density at radius 2 is 1.55 bits per heavy atom. The van der Waals surface area contributed by atoms with Crippen molar-refractivity contribution in [1.29, 1.82) is 0 Å². The number of sulfonamides is 1. The average molecular weight is 312 g/mol. The van der Waals surface area contributed by atoms with Crippen LogP contribution in [0, 0.1) is 0 Å². The first kappa shape index (κ1) is 14.5. The van der Waals surface area contributed by atoms with Crippen LogP contribution in [0.1, 0.15) is 0 Å². The summed E-state index contributed by atoms with van der Waals surface area (Å²) in [7, 11) is -7.11. The third-order valence-corrected chi connectivity index (χ3v) is 5.00. The fraction of sp³-hybridized carbons (Fsp3) is 0.0833. The molecule has 8 heteroatoms. The van der Waals surface area contributed by atoms with Crippen LogP contribution in [0.15, 0.2) is 58.6 Å². The molecule has 2 aromatic rings. The Morgan fingerprint density at radius 1 is 0.950 bits per heavy atom. The van der Waals surface area contributed by atoms with Crippen molar-refractivity contribution in [1.82, 2.24) is 4.98 Å². The lowest BCUT2D eigenvalue weighted by molar-refractivity contribution is 0.597. The Morgan fingerprint density at radius 3 is 2.05 bits per heavy atom. The molecular formula is C12H12N2O4S2. The van der Waals surface area contributed by atoms with E-state index in [2.05, 4.69) is 9.71 Å². The summed E-state index contributed by atoms with van der Waals surface area (Å²) in [5.41, 5.74) is 0.333. The van der Waals surface area contributed by atoms with Gasteiger partial charge in [0.15, 0.2) is 9.84 Å². The second kappa shape index (κ2) is 5.22. The largest absolute Gasteiger partial charge is 0.278 e. The summed E-state index contributed by atoms with van der Waals surface area (Å²) < 4.78 is 49.1. The van der Waals surface area contributed by atoms with Gasteiger partial charge in [0.1, 0.15) is 0 Å². The normalized spacial score (nSPS) is 12.1. The van der Waals surface area contributed by atoms with Gasteiger partial charge in [-0.05, 0) is 36.4 Å². The number of nitrogens with one attached hydrogen (secondary N) is 1. The van der Waals surface area contributed by atoms with Crippen LogP contribution in [-0.4, -0.2) is 28.1 Å². The van der Waals surface area contributed by atoms with Crippen LogP contribution in [0.25, 0.3) is 0 Å². The van der Waals surface area contributed by atoms with Gasteiger partial charge in [0, 0.05) is 12.5 Å². The third-order valence-electron chi connectivity index (χ3n) is 2.48. The topological polar surface area (TPSA) is 93.2 Å². The molecule has 0 saturated carbocycles. The minimum atomic E-state index is -3.76. The van der Waals surface area contributed by atoms with E-state index >= 15 is 0 Å². The molecule has 0 radical (unpaired) electrons. The first-order chi connectivity index (χ1) is 9.29. The lowest BCUT2D eigenvalue weighted by Crippen LogP contribution is -2.13. The minimum absolute atomic E-state index is 0.0197. The molecular weight excluding hydrogens is 300 g/mol. The van der Waals surface area contributed by atoms with Crippen LogP contribution < -0.4 is 4.72 Å². The molecule has 0 spiro atoms. The van der Waals surface area contributed by atoms with Crippen molar-refractivity contribution in [2.45, 2.75) is 9.79 Å². The molecule has 1 N–H and O–H groups in total. The van der Waals surface area contributed by atoms with Crippen LogP contribution >= 0.6 is 0 Å². The van der Waals surface area contributed by atoms with Crippen molar-refractivity contribution in [3.63, 3.8) is 0 Å². The highest BCUT2D eigenvalue weighted by Crippen LogP contribution is 2.17. The monoisotopic (exact) mass is 312 g/mol. The number of hydrogen-bond acceptors (Lipinski definition) is 5. The number of hydrogen-bond donors (Lipinski definition) is 1. The van der Waals surface area contributed by atoms with Crippen LogP contribution in [0.5, 0.6) is 0 Å². The molecule has 2 rings (SSSR count). The van der Waals surface area contributed by atoms with Crippen LogP contribution in [0.4, 0.5) is 5.69 Å². The second-order valence-electron chi connectivity index (χ2n) is 4.09. The van der Waals surface area contributed by atoms with Gasteiger partial charge in [-0.25, -0.2) is 16.8 Å². The molecule has 0 fully saturated rings. The van der Waals surface area contributed by atoms with Crippen molar-refractivity contribution in [3.05, 3.63) is 48.8 Å². The summed E-state index contributed by atoms with van der Waals surface area (Å²) in [6.45, 7) is 0. The maximum Gasteiger partial charge on any atom is 0.261 e. The number of sulfone groups is 1. The maximum absolute atomic E-state index is 12.1. The average Bonchev–Trinajstić information content (AvgIpc) is 2.38. The highest BCUT2D eigenvalue weighted by molar-refractivity contribution is 7.92. The zero-order valence-electron chi connectivity index (χ0n) is 10.5. The van der Waals surface area contributed by atoms with E-state index in [9.17, 15) is 16.8 Å². The second-order valence-corrected chi connectivity index (χ2v) is 7.79. The molecule has 0 unspecified atom stereocenters. The van der Waals surface area contributed by atoms with Gasteiger partial charge in [-0.1, -0.05) is 0 Å². The molecule has 0 aliphatic carbocycles. The summed E-state index contributed by atoms with van der Waals surface area (Å²) in [5, 5.41) is 0. The lowest BCUT2D eigenvalue weighted by Gasteiger charge is -2.08. The van der Waals surface area contributed by atoms with E-state index in [1.54, 1.807) is 12.1 Å². The molecule has 0 aliphatic heterocycles. The van der Waals surface area contributed by atoms with Crippen LogP contribution in [0.3, 0.4) is 0 Å². The standard InChI is InChI=1S/C12H12N2O4S2/c1-19(15,16)11-4-6-12(7-5-11)20(17,18)14-10-3-2-8-13-9-10/h2-9,14H,1H3. The molecule has 1 aromatic heterocycles. The molecule has 0 atom stereocenters. The van der Waals surface area contributed by atoms with Gasteiger partial charge in [0.25, 0.3) is 10.0 Å². The molecule has 1 aromatic carbocycles. The highest BCUT2D eigenvalue weighted by Gasteiger charge is 2.15. The molecule has 20 heavy (non-hydrogen) atoms. The Hall–Kier alpha value is -1.93. The van der Waals surface area contributed by atoms with Gasteiger partial charge < -0.3 is 0 Å². The van der Waals surface area contributed by atoms with E-state index in [1.807, 2.05) is 0 Å². The SMILES string of the molecule is CS(=O)(=O)c1ccc(S(=O)(=O)Nc2cccnc2)cc1. The molecule has 0 amide bonds. The number of aromatic nitrogens is 1. The van der Waals surface area contributed by atoms with Crippen molar-refractivity contribution >= 4 is 25.5 Å². The zero-order chi connectivity index (χ0) is 14.8. The minimum Gasteiger partial charge on any atom is -0.278 e. The predicted molar refractivity (Wildman–Crippen MR) is 74.6 cm³/mol. The highest BCUT2D eigenvalue weighted by atomic mass is 32.2. The summed E-state index contributed by atoms with van der Waals surface area (Å²) in [6.07, 6.45) is 3.96. The van der Waals surface area contributed by atoms with E-state index < -0.39 is 19.9 Å². The predicted octanol–water partition coefficient (Wildman–Crippen LogP) is 1.29. The van der Waals surface area contributed by atoms with Gasteiger partial charge in [-0.15, -0.1) is 0 Å². The smallest absolute Gasteiger partial charge is 0.261 e. The molecule has 0 aliphatic rings. The zero-order valence-corrected chi connectivity index (χ0v) is 12.1. The number of benzene rings is 1. The molecule has 0 bridgehead atoms. The summed E-state index contributed by atoms with van der Waals surface area (Å²) in [6, 6.07) is 8.17. The summed E-state index contributed by atoms with van der Waals surface area (Å²) in [4.78, 5) is 3.85. The molecule has 0 saturated heterocycles. The number of rotatable bonds is 4. The fourth-order valence-electron chi connectivity index (χ4n) is 1.50. The van der Waals surface area contributed by atoms with Gasteiger partial charge >= 0.3 is 0 Å². The van der Waals surface area contributed by atoms with Crippen molar-refractivity contribution in [2.75, 3.05) is 11.0 Å². The first-order valence-electron chi connectivity index (χ1n) is 5.52. The number of pyridine rings is 1. The Balaban J connectivity index is 2.31. The van der Waals surface area contributed by atoms with Crippen LogP contribution in [-0.2, 0) is 19.9 Å². The molecule has 6 nitrogen and oxygen atoms in total. The fourth-order valence-corrected chi connectivity index (χ4v) is 3.18. The molecule has 106 valence electrons. The Labute approximate surface area is 117 Å².